The Morgan fingerprint density at radius 1 is 1.13 bits per heavy atom. The summed E-state index contributed by atoms with van der Waals surface area (Å²) in [6, 6.07) is 10.5. The number of nitrogens with two attached hydrogens (primary N) is 2. The van der Waals surface area contributed by atoms with E-state index in [2.05, 4.69) is 15.0 Å². The highest BCUT2D eigenvalue weighted by atomic mass is 32.2. The molecule has 0 unspecified atom stereocenters. The molecule has 17 heteroatoms. The zero-order valence-corrected chi connectivity index (χ0v) is 21.1. The Bertz CT molecular complexity index is 1310. The van der Waals surface area contributed by atoms with Gasteiger partial charge in [-0.05, 0) is 30.5 Å². The molecular formula is C22H27F3N6O7S. The number of carboxylic acid groups (broad SMARTS) is 1. The van der Waals surface area contributed by atoms with Gasteiger partial charge in [0.2, 0.25) is 15.9 Å². The fourth-order valence-electron chi connectivity index (χ4n) is 2.84. The van der Waals surface area contributed by atoms with Gasteiger partial charge in [0.25, 0.3) is 5.56 Å². The maximum Gasteiger partial charge on any atom is 0.490 e. The number of hydrogen-bond acceptors (Lipinski definition) is 7. The molecule has 214 valence electrons. The number of amides is 1. The maximum atomic E-state index is 12.6. The van der Waals surface area contributed by atoms with E-state index < -0.39 is 39.7 Å². The summed E-state index contributed by atoms with van der Waals surface area (Å²) in [5.74, 6) is -3.69. The quantitative estimate of drug-likeness (QED) is 0.100. The fraction of sp³-hybridized carbons (Fsp3) is 0.318. The second-order valence-electron chi connectivity index (χ2n) is 7.76. The van der Waals surface area contributed by atoms with Crippen LogP contribution in [-0.2, 0) is 36.7 Å². The summed E-state index contributed by atoms with van der Waals surface area (Å²) in [7, 11) is -3.84. The molecule has 0 saturated heterocycles. The van der Waals surface area contributed by atoms with Gasteiger partial charge in [-0.1, -0.05) is 30.3 Å². The number of carboxylic acids is 1. The highest BCUT2D eigenvalue weighted by molar-refractivity contribution is 7.91. The number of carbonyl (C=O) groups excluding carboxylic acids is 2. The molecule has 1 aromatic carbocycles. The molecule has 0 bridgehead atoms. The monoisotopic (exact) mass is 576 g/mol. The average molecular weight is 577 g/mol. The topological polar surface area (TPSA) is 216 Å². The van der Waals surface area contributed by atoms with Gasteiger partial charge in [0.15, 0.2) is 5.96 Å². The predicted molar refractivity (Wildman–Crippen MR) is 135 cm³/mol. The first-order valence-electron chi connectivity index (χ1n) is 11.0. The zero-order chi connectivity index (χ0) is 29.6. The van der Waals surface area contributed by atoms with E-state index in [4.69, 9.17) is 21.4 Å². The Hall–Kier alpha value is -4.41. The molecule has 0 aliphatic carbocycles. The van der Waals surface area contributed by atoms with Crippen LogP contribution in [0.15, 0.2) is 58.4 Å². The lowest BCUT2D eigenvalue weighted by Crippen LogP contribution is -2.40. The number of aliphatic carboxylic acids is 1. The van der Waals surface area contributed by atoms with Crippen molar-refractivity contribution < 1.29 is 41.1 Å². The van der Waals surface area contributed by atoms with Crippen LogP contribution in [0.2, 0.25) is 0 Å². The number of aromatic nitrogens is 1. The molecule has 0 fully saturated rings. The summed E-state index contributed by atoms with van der Waals surface area (Å²) in [4.78, 5) is 48.8. The lowest BCUT2D eigenvalue weighted by molar-refractivity contribution is -0.192. The van der Waals surface area contributed by atoms with E-state index in [0.29, 0.717) is 31.2 Å². The first kappa shape index (κ1) is 32.6. The van der Waals surface area contributed by atoms with Crippen LogP contribution in [0.25, 0.3) is 0 Å². The van der Waals surface area contributed by atoms with Crippen molar-refractivity contribution in [2.45, 2.75) is 37.4 Å². The number of halogens is 3. The molecule has 1 amide bonds. The van der Waals surface area contributed by atoms with E-state index >= 15 is 0 Å². The summed E-state index contributed by atoms with van der Waals surface area (Å²) in [6.45, 7) is -0.0709. The number of benzene rings is 1. The number of pyridine rings is 1. The number of hydrogen-bond donors (Lipinski definition) is 5. The van der Waals surface area contributed by atoms with Crippen molar-refractivity contribution in [3.8, 4) is 0 Å². The minimum absolute atomic E-state index is 0.0599. The van der Waals surface area contributed by atoms with E-state index in [9.17, 15) is 36.0 Å². The number of nitrogens with zero attached hydrogens (tertiary/aromatic N) is 2. The second-order valence-corrected chi connectivity index (χ2v) is 9.49. The smallest absolute Gasteiger partial charge is 0.475 e. The number of nitrogens with one attached hydrogen (secondary N) is 2. The van der Waals surface area contributed by atoms with Crippen molar-refractivity contribution in [1.82, 2.24) is 9.88 Å². The van der Waals surface area contributed by atoms with E-state index in [1.165, 1.54) is 18.3 Å². The van der Waals surface area contributed by atoms with Crippen molar-refractivity contribution in [3.63, 3.8) is 0 Å². The number of guanidine groups is 1. The molecule has 2 aromatic rings. The van der Waals surface area contributed by atoms with Crippen LogP contribution in [0.5, 0.6) is 0 Å². The van der Waals surface area contributed by atoms with Crippen LogP contribution < -0.4 is 27.1 Å². The van der Waals surface area contributed by atoms with E-state index in [1.54, 1.807) is 30.3 Å². The Morgan fingerprint density at radius 2 is 1.74 bits per heavy atom. The third kappa shape index (κ3) is 13.1. The summed E-state index contributed by atoms with van der Waals surface area (Å²) < 4.78 is 59.9. The van der Waals surface area contributed by atoms with Gasteiger partial charge >= 0.3 is 12.1 Å². The number of aldehydes is 1. The third-order valence-corrected chi connectivity index (χ3v) is 5.76. The van der Waals surface area contributed by atoms with Gasteiger partial charge in [0.1, 0.15) is 18.5 Å². The lowest BCUT2D eigenvalue weighted by atomic mass is 10.2. The Kier molecular flexibility index (Phi) is 12.6. The number of sulfonamides is 1. The SMILES string of the molecule is NC(N)=NCCC[C@@H](C=O)NC(=O)Cn1cccc(NS(=O)(=O)Cc2ccccc2)c1=O.O=C(O)C(F)(F)F. The first-order valence-corrected chi connectivity index (χ1v) is 12.6. The van der Waals surface area contributed by atoms with E-state index in [1.807, 2.05) is 0 Å². The average Bonchev–Trinajstić information content (AvgIpc) is 2.83. The molecule has 13 nitrogen and oxygen atoms in total. The van der Waals surface area contributed by atoms with Gasteiger partial charge in [-0.25, -0.2) is 13.2 Å². The number of aliphatic imine (C=N–C) groups is 1. The van der Waals surface area contributed by atoms with E-state index in [-0.39, 0.29) is 23.9 Å². The van der Waals surface area contributed by atoms with E-state index in [0.717, 1.165) is 4.57 Å². The van der Waals surface area contributed by atoms with Gasteiger partial charge in [0.05, 0.1) is 11.8 Å². The minimum atomic E-state index is -5.08. The van der Waals surface area contributed by atoms with Crippen LogP contribution in [-0.4, -0.2) is 61.0 Å². The Balaban J connectivity index is 0.000000956. The van der Waals surface area contributed by atoms with Gasteiger partial charge in [-0.3, -0.25) is 19.3 Å². The summed E-state index contributed by atoms with van der Waals surface area (Å²) >= 11 is 0. The molecule has 1 atom stereocenters. The molecule has 0 radical (unpaired) electrons. The van der Waals surface area contributed by atoms with Crippen molar-refractivity contribution in [2.75, 3.05) is 11.3 Å². The third-order valence-electron chi connectivity index (χ3n) is 4.52. The number of alkyl halides is 3. The molecule has 2 rings (SSSR count). The zero-order valence-electron chi connectivity index (χ0n) is 20.3. The van der Waals surface area contributed by atoms with Crippen LogP contribution in [0, 0.1) is 0 Å². The molecule has 0 aliphatic rings. The van der Waals surface area contributed by atoms with Crippen molar-refractivity contribution in [2.24, 2.45) is 16.5 Å². The van der Waals surface area contributed by atoms with Gasteiger partial charge < -0.3 is 31.3 Å². The molecule has 0 aliphatic heterocycles. The molecule has 39 heavy (non-hydrogen) atoms. The van der Waals surface area contributed by atoms with Crippen LogP contribution in [0.3, 0.4) is 0 Å². The van der Waals surface area contributed by atoms with Crippen molar-refractivity contribution in [1.29, 1.82) is 0 Å². The number of carbonyl (C=O) groups is 3. The second kappa shape index (κ2) is 15.1. The highest BCUT2D eigenvalue weighted by Gasteiger charge is 2.38. The highest BCUT2D eigenvalue weighted by Crippen LogP contribution is 2.13. The van der Waals surface area contributed by atoms with Crippen LogP contribution in [0.1, 0.15) is 18.4 Å². The summed E-state index contributed by atoms with van der Waals surface area (Å²) in [5, 5.41) is 9.64. The maximum absolute atomic E-state index is 12.6. The predicted octanol–water partition coefficient (Wildman–Crippen LogP) is 0.161. The number of rotatable bonds is 12. The molecule has 0 saturated carbocycles. The molecular weight excluding hydrogens is 549 g/mol. The first-order chi connectivity index (χ1) is 18.1. The molecule has 1 heterocycles. The lowest BCUT2D eigenvalue weighted by Gasteiger charge is -2.14. The molecule has 7 N–H and O–H groups in total. The summed E-state index contributed by atoms with van der Waals surface area (Å²) in [5.41, 5.74) is 10.1. The van der Waals surface area contributed by atoms with Gasteiger partial charge in [-0.15, -0.1) is 0 Å². The largest absolute Gasteiger partial charge is 0.490 e. The normalized spacial score (nSPS) is 11.8. The standard InChI is InChI=1S/C20H26N6O5S.C2HF3O2/c21-20(22)23-10-4-8-16(13-27)24-18(28)12-26-11-5-9-17(19(26)29)25-32(30,31)14-15-6-2-1-3-7-15;3-2(4,5)1(6)7/h1-3,5-7,9,11,13,16,25H,4,8,10,12,14H2,(H,24,28)(H4,21,22,23);(H,6,7)/t16-;/m0./s1. The van der Waals surface area contributed by atoms with Crippen LogP contribution >= 0.6 is 0 Å². The minimum Gasteiger partial charge on any atom is -0.475 e. The van der Waals surface area contributed by atoms with Gasteiger partial charge in [-0.2, -0.15) is 13.2 Å². The molecule has 1 aromatic heterocycles. The Labute approximate surface area is 220 Å². The number of anilines is 1. The molecule has 0 spiro atoms. The fourth-order valence-corrected chi connectivity index (χ4v) is 4.03. The van der Waals surface area contributed by atoms with Crippen molar-refractivity contribution >= 4 is 39.8 Å². The Morgan fingerprint density at radius 3 is 2.28 bits per heavy atom. The van der Waals surface area contributed by atoms with Crippen molar-refractivity contribution in [3.05, 3.63) is 64.6 Å². The van der Waals surface area contributed by atoms with Gasteiger partial charge in [0, 0.05) is 12.7 Å². The summed E-state index contributed by atoms with van der Waals surface area (Å²) in [6.07, 6.45) is -2.35. The van der Waals surface area contributed by atoms with Crippen LogP contribution in [0.4, 0.5) is 18.9 Å².